The lowest BCUT2D eigenvalue weighted by Gasteiger charge is -2.33. The first-order chi connectivity index (χ1) is 13.9. The van der Waals surface area contributed by atoms with Gasteiger partial charge in [-0.15, -0.1) is 0 Å². The number of benzene rings is 1. The maximum atomic E-state index is 15.2. The molecule has 0 bridgehead atoms. The number of hydrogen-bond acceptors (Lipinski definition) is 3. The summed E-state index contributed by atoms with van der Waals surface area (Å²) in [6.07, 6.45) is 5.29. The van der Waals surface area contributed by atoms with Crippen molar-refractivity contribution in [3.63, 3.8) is 0 Å². The number of likely N-dealkylation sites (tertiary alicyclic amines) is 1. The van der Waals surface area contributed by atoms with E-state index in [2.05, 4.69) is 10.1 Å². The Morgan fingerprint density at radius 1 is 1.38 bits per heavy atom. The smallest absolute Gasteiger partial charge is 0.352 e. The first-order valence-electron chi connectivity index (χ1n) is 9.43. The summed E-state index contributed by atoms with van der Waals surface area (Å²) in [5.41, 5.74) is 0.384. The number of fused-ring (bicyclic) bond motifs is 1. The zero-order chi connectivity index (χ0) is 20.5. The van der Waals surface area contributed by atoms with Crippen molar-refractivity contribution in [2.24, 2.45) is 0 Å². The third-order valence-corrected chi connectivity index (χ3v) is 5.70. The Morgan fingerprint density at radius 2 is 2.21 bits per heavy atom. The van der Waals surface area contributed by atoms with Gasteiger partial charge in [0, 0.05) is 49.8 Å². The van der Waals surface area contributed by atoms with E-state index < -0.39 is 11.8 Å². The number of aromatic amines is 1. The van der Waals surface area contributed by atoms with Crippen molar-refractivity contribution in [3.8, 4) is 0 Å². The normalized spacial score (nSPS) is 17.0. The quantitative estimate of drug-likeness (QED) is 0.661. The van der Waals surface area contributed by atoms with Gasteiger partial charge in [-0.05, 0) is 36.6 Å². The number of nitrogens with zero attached hydrogens (tertiary/aromatic N) is 3. The second kappa shape index (κ2) is 7.87. The molecule has 0 spiro atoms. The van der Waals surface area contributed by atoms with Gasteiger partial charge in [-0.25, -0.2) is 9.18 Å². The van der Waals surface area contributed by atoms with Crippen LogP contribution in [0.5, 0.6) is 0 Å². The topological polar surface area (TPSA) is 91.2 Å². The Hall–Kier alpha value is -2.87. The minimum absolute atomic E-state index is 0.00539. The predicted molar refractivity (Wildman–Crippen MR) is 106 cm³/mol. The number of nitrogens with one attached hydrogen (secondary N) is 1. The fourth-order valence-corrected chi connectivity index (χ4v) is 4.18. The molecular weight excluding hydrogens is 399 g/mol. The number of halogens is 2. The molecule has 0 saturated carbocycles. The standard InChI is InChI=1S/C20H20ClFN4O3/c21-15-9-13(18(22)19-14(15)10-16(24-19)20(28)29)12-3-1-6-25(11-12)17(27)4-8-26-7-2-5-23-26/h2,5,7,9-10,12,24H,1,3-4,6,8,11H2,(H,28,29). The first kappa shape index (κ1) is 19.4. The minimum atomic E-state index is -1.18. The lowest BCUT2D eigenvalue weighted by Crippen LogP contribution is -2.39. The van der Waals surface area contributed by atoms with Gasteiger partial charge in [-0.3, -0.25) is 9.48 Å². The molecule has 29 heavy (non-hydrogen) atoms. The number of aromatic nitrogens is 3. The summed E-state index contributed by atoms with van der Waals surface area (Å²) in [7, 11) is 0. The van der Waals surface area contributed by atoms with Crippen molar-refractivity contribution in [1.82, 2.24) is 19.7 Å². The molecule has 1 atom stereocenters. The van der Waals surface area contributed by atoms with Crippen molar-refractivity contribution in [1.29, 1.82) is 0 Å². The molecule has 1 aliphatic rings. The summed E-state index contributed by atoms with van der Waals surface area (Å²) in [4.78, 5) is 28.2. The van der Waals surface area contributed by atoms with Crippen LogP contribution in [-0.2, 0) is 11.3 Å². The monoisotopic (exact) mass is 418 g/mol. The highest BCUT2D eigenvalue weighted by Crippen LogP contribution is 2.36. The Balaban J connectivity index is 1.54. The average Bonchev–Trinajstić information content (AvgIpc) is 3.39. The van der Waals surface area contributed by atoms with E-state index in [1.54, 1.807) is 34.1 Å². The van der Waals surface area contributed by atoms with Crippen LogP contribution in [0.2, 0.25) is 5.02 Å². The number of piperidine rings is 1. The summed E-state index contributed by atoms with van der Waals surface area (Å²) in [5.74, 6) is -1.88. The average molecular weight is 419 g/mol. The second-order valence-corrected chi connectivity index (χ2v) is 7.64. The molecule has 1 fully saturated rings. The van der Waals surface area contributed by atoms with Gasteiger partial charge in [0.15, 0.2) is 5.82 Å². The number of hydrogen-bond donors (Lipinski definition) is 2. The highest BCUT2D eigenvalue weighted by atomic mass is 35.5. The zero-order valence-electron chi connectivity index (χ0n) is 15.6. The van der Waals surface area contributed by atoms with Crippen LogP contribution in [0, 0.1) is 5.82 Å². The summed E-state index contributed by atoms with van der Waals surface area (Å²) in [6, 6.07) is 4.69. The van der Waals surface area contributed by atoms with Gasteiger partial charge in [-0.1, -0.05) is 11.6 Å². The molecule has 0 aliphatic carbocycles. The van der Waals surface area contributed by atoms with Crippen LogP contribution in [0.15, 0.2) is 30.6 Å². The van der Waals surface area contributed by atoms with E-state index in [-0.39, 0.29) is 23.0 Å². The third-order valence-electron chi connectivity index (χ3n) is 5.39. The summed E-state index contributed by atoms with van der Waals surface area (Å²) < 4.78 is 16.9. The van der Waals surface area contributed by atoms with Crippen molar-refractivity contribution in [3.05, 3.63) is 52.7 Å². The van der Waals surface area contributed by atoms with Crippen LogP contribution in [0.25, 0.3) is 10.9 Å². The molecule has 1 amide bonds. The maximum absolute atomic E-state index is 15.2. The number of rotatable bonds is 5. The Morgan fingerprint density at radius 3 is 2.93 bits per heavy atom. The maximum Gasteiger partial charge on any atom is 0.352 e. The number of amides is 1. The fraction of sp³-hybridized carbons (Fsp3) is 0.350. The molecule has 3 aromatic rings. The lowest BCUT2D eigenvalue weighted by atomic mass is 9.89. The largest absolute Gasteiger partial charge is 0.477 e. The molecule has 4 rings (SSSR count). The van der Waals surface area contributed by atoms with E-state index in [1.807, 2.05) is 0 Å². The van der Waals surface area contributed by atoms with Crippen molar-refractivity contribution < 1.29 is 19.1 Å². The molecule has 152 valence electrons. The number of carbonyl (C=O) groups excluding carboxylic acids is 1. The molecule has 3 heterocycles. The summed E-state index contributed by atoms with van der Waals surface area (Å²) >= 11 is 6.31. The number of carboxylic acid groups (broad SMARTS) is 1. The van der Waals surface area contributed by atoms with Gasteiger partial charge in [-0.2, -0.15) is 5.10 Å². The minimum Gasteiger partial charge on any atom is -0.477 e. The van der Waals surface area contributed by atoms with Gasteiger partial charge in [0.25, 0.3) is 0 Å². The molecule has 9 heteroatoms. The molecule has 1 aromatic carbocycles. The van der Waals surface area contributed by atoms with Crippen molar-refractivity contribution >= 4 is 34.4 Å². The Kier molecular flexibility index (Phi) is 5.27. The first-order valence-corrected chi connectivity index (χ1v) is 9.81. The number of aryl methyl sites for hydroxylation is 1. The number of H-pyrrole nitrogens is 1. The van der Waals surface area contributed by atoms with Crippen molar-refractivity contribution in [2.45, 2.75) is 31.7 Å². The molecule has 1 unspecified atom stereocenters. The molecular formula is C20H20ClFN4O3. The third kappa shape index (κ3) is 3.85. The summed E-state index contributed by atoms with van der Waals surface area (Å²) in [5, 5.41) is 13.9. The molecule has 0 radical (unpaired) electrons. The van der Waals surface area contributed by atoms with Gasteiger partial charge in [0.05, 0.1) is 10.5 Å². The predicted octanol–water partition coefficient (Wildman–Crippen LogP) is 3.65. The van der Waals surface area contributed by atoms with E-state index in [0.717, 1.165) is 12.8 Å². The van der Waals surface area contributed by atoms with Crippen LogP contribution in [0.1, 0.15) is 41.2 Å². The van der Waals surface area contributed by atoms with Crippen LogP contribution in [0.3, 0.4) is 0 Å². The van der Waals surface area contributed by atoms with E-state index in [9.17, 15) is 9.59 Å². The van der Waals surface area contributed by atoms with E-state index >= 15 is 4.39 Å². The fourth-order valence-electron chi connectivity index (χ4n) is 3.91. The van der Waals surface area contributed by atoms with E-state index in [4.69, 9.17) is 16.7 Å². The lowest BCUT2D eigenvalue weighted by molar-refractivity contribution is -0.132. The SMILES string of the molecule is O=C(O)c1cc2c(Cl)cc(C3CCCN(C(=O)CCn4cccn4)C3)c(F)c2[nH]1. The van der Waals surface area contributed by atoms with Crippen molar-refractivity contribution in [2.75, 3.05) is 13.1 Å². The van der Waals surface area contributed by atoms with E-state index in [0.29, 0.717) is 42.0 Å². The van der Waals surface area contributed by atoms with Crippen LogP contribution < -0.4 is 0 Å². The van der Waals surface area contributed by atoms with Gasteiger partial charge < -0.3 is 15.0 Å². The zero-order valence-corrected chi connectivity index (χ0v) is 16.3. The van der Waals surface area contributed by atoms with Gasteiger partial charge in [0.1, 0.15) is 5.69 Å². The highest BCUT2D eigenvalue weighted by Gasteiger charge is 2.28. The van der Waals surface area contributed by atoms with Crippen LogP contribution in [0.4, 0.5) is 4.39 Å². The van der Waals surface area contributed by atoms with E-state index in [1.165, 1.54) is 6.07 Å². The van der Waals surface area contributed by atoms with Crippen LogP contribution >= 0.6 is 11.6 Å². The molecule has 1 saturated heterocycles. The second-order valence-electron chi connectivity index (χ2n) is 7.24. The Bertz CT molecular complexity index is 1060. The van der Waals surface area contributed by atoms with Gasteiger partial charge >= 0.3 is 5.97 Å². The molecule has 2 N–H and O–H groups in total. The van der Waals surface area contributed by atoms with Crippen LogP contribution in [-0.4, -0.2) is 49.7 Å². The molecule has 2 aromatic heterocycles. The number of carboxylic acids is 1. The Labute approximate surface area is 171 Å². The number of aromatic carboxylic acids is 1. The summed E-state index contributed by atoms with van der Waals surface area (Å²) in [6.45, 7) is 1.54. The van der Waals surface area contributed by atoms with Gasteiger partial charge in [0.2, 0.25) is 5.91 Å². The number of carbonyl (C=O) groups is 2. The molecule has 1 aliphatic heterocycles. The highest BCUT2D eigenvalue weighted by molar-refractivity contribution is 6.35. The molecule has 7 nitrogen and oxygen atoms in total.